The fourth-order valence-corrected chi connectivity index (χ4v) is 4.98. The van der Waals surface area contributed by atoms with Crippen molar-refractivity contribution < 1.29 is 18.4 Å². The van der Waals surface area contributed by atoms with Crippen molar-refractivity contribution in [2.45, 2.75) is 44.6 Å². The second kappa shape index (κ2) is 11.4. The van der Waals surface area contributed by atoms with Crippen molar-refractivity contribution >= 4 is 27.7 Å². The summed E-state index contributed by atoms with van der Waals surface area (Å²) < 4.78 is 21.9. The minimum absolute atomic E-state index is 0.0222. The molecule has 184 valence electrons. The molecule has 0 spiro atoms. The number of carbonyl (C=O) groups excluding carboxylic acids is 2. The zero-order valence-electron chi connectivity index (χ0n) is 20.7. The van der Waals surface area contributed by atoms with Gasteiger partial charge in [-0.2, -0.15) is 4.55 Å². The van der Waals surface area contributed by atoms with Gasteiger partial charge in [-0.15, -0.1) is 0 Å². The molecule has 0 bridgehead atoms. The highest BCUT2D eigenvalue weighted by molar-refractivity contribution is 7.97. The molecule has 7 heteroatoms. The second-order valence-electron chi connectivity index (χ2n) is 8.57. The van der Waals surface area contributed by atoms with Crippen molar-refractivity contribution in [3.63, 3.8) is 0 Å². The first-order valence-electron chi connectivity index (χ1n) is 11.7. The Kier molecular flexibility index (Phi) is 8.59. The van der Waals surface area contributed by atoms with E-state index in [2.05, 4.69) is 31.3 Å². The Hall–Kier alpha value is -3.29. The number of rotatable bonds is 9. The topological polar surface area (TPSA) is 86.7 Å². The summed E-state index contributed by atoms with van der Waals surface area (Å²) in [6.07, 6.45) is 0.938. The van der Waals surface area contributed by atoms with Crippen molar-refractivity contribution in [3.05, 3.63) is 95.1 Å². The molecular formula is C28H33N2O4S+. The van der Waals surface area contributed by atoms with E-state index >= 15 is 0 Å². The molecule has 0 aliphatic heterocycles. The molecule has 0 aliphatic carbocycles. The van der Waals surface area contributed by atoms with Crippen LogP contribution >= 0.6 is 0 Å². The van der Waals surface area contributed by atoms with Gasteiger partial charge in [0.1, 0.15) is 5.75 Å². The molecular weight excluding hydrogens is 460 g/mol. The van der Waals surface area contributed by atoms with Crippen LogP contribution in [-0.2, 0) is 25.6 Å². The molecule has 0 aromatic heterocycles. The van der Waals surface area contributed by atoms with Crippen LogP contribution in [0.4, 0.5) is 5.69 Å². The van der Waals surface area contributed by atoms with Crippen LogP contribution in [0.25, 0.3) is 0 Å². The predicted octanol–water partition coefficient (Wildman–Crippen LogP) is 5.75. The summed E-state index contributed by atoms with van der Waals surface area (Å²) in [5, 5.41) is 2.84. The summed E-state index contributed by atoms with van der Waals surface area (Å²) in [7, 11) is -1.20. The van der Waals surface area contributed by atoms with E-state index in [1.54, 1.807) is 60.4 Å². The summed E-state index contributed by atoms with van der Waals surface area (Å²) in [5.74, 6) is -0.142. The van der Waals surface area contributed by atoms with Crippen LogP contribution in [0.3, 0.4) is 0 Å². The largest absolute Gasteiger partial charge is 0.335 e. The Balaban J connectivity index is 1.63. The van der Waals surface area contributed by atoms with E-state index in [0.29, 0.717) is 16.1 Å². The third-order valence-corrected chi connectivity index (χ3v) is 7.98. The lowest BCUT2D eigenvalue weighted by Gasteiger charge is -2.29. The maximum absolute atomic E-state index is 13.1. The molecule has 2 N–H and O–H groups in total. The maximum Gasteiger partial charge on any atom is 0.254 e. The highest BCUT2D eigenvalue weighted by Gasteiger charge is 2.26. The smallest absolute Gasteiger partial charge is 0.254 e. The predicted molar refractivity (Wildman–Crippen MR) is 141 cm³/mol. The average molecular weight is 494 g/mol. The van der Waals surface area contributed by atoms with Gasteiger partial charge in [-0.1, -0.05) is 47.5 Å². The van der Waals surface area contributed by atoms with Crippen LogP contribution in [-0.4, -0.2) is 34.1 Å². The third kappa shape index (κ3) is 6.44. The van der Waals surface area contributed by atoms with Crippen molar-refractivity contribution in [2.75, 3.05) is 18.1 Å². The number of nitrogens with zero attached hydrogens (tertiary/aromatic N) is 1. The summed E-state index contributed by atoms with van der Waals surface area (Å²) in [4.78, 5) is 27.7. The molecule has 0 fully saturated rings. The first kappa shape index (κ1) is 26.3. The molecule has 35 heavy (non-hydrogen) atoms. The molecule has 3 aromatic carbocycles. The molecule has 0 saturated carbocycles. The molecule has 1 unspecified atom stereocenters. The van der Waals surface area contributed by atoms with E-state index < -0.39 is 10.2 Å². The number of amides is 2. The molecule has 6 nitrogen and oxygen atoms in total. The normalized spacial score (nSPS) is 13.5. The first-order chi connectivity index (χ1) is 16.7. The minimum Gasteiger partial charge on any atom is -0.335 e. The first-order valence-corrected chi connectivity index (χ1v) is 13.4. The van der Waals surface area contributed by atoms with Gasteiger partial charge in [0.15, 0.2) is 4.90 Å². The maximum atomic E-state index is 13.1. The number of anilines is 1. The summed E-state index contributed by atoms with van der Waals surface area (Å²) in [6, 6.07) is 21.5. The van der Waals surface area contributed by atoms with E-state index in [9.17, 15) is 18.4 Å². The summed E-state index contributed by atoms with van der Waals surface area (Å²) in [6.45, 7) is 5.78. The van der Waals surface area contributed by atoms with Crippen LogP contribution in [0.5, 0.6) is 0 Å². The Labute approximate surface area is 208 Å². The van der Waals surface area contributed by atoms with Crippen LogP contribution in [0.15, 0.2) is 77.7 Å². The number of benzene rings is 3. The standard InChI is InChI=1S/C28H32N2O4S/c1-5-26(25-10-8-7-9-20(25)3)30(4)28(32)22-13-15-23(16-14-22)29-27(31)19-21-11-17-24(18-12-21)35(33,34)6-2/h7-18,26H,5-6,19H2,1-4H3,(H-,29,31,32,33,34)/p+1/t26-/m1/s1. The Morgan fingerprint density at radius 2 is 1.60 bits per heavy atom. The number of nitrogens with one attached hydrogen (secondary N) is 1. The fourth-order valence-electron chi connectivity index (χ4n) is 4.08. The molecule has 0 aliphatic rings. The highest BCUT2D eigenvalue weighted by Crippen LogP contribution is 2.27. The van der Waals surface area contributed by atoms with Crippen LogP contribution in [0, 0.1) is 6.92 Å². The number of carbonyl (C=O) groups is 2. The lowest BCUT2D eigenvalue weighted by Crippen LogP contribution is -2.31. The molecule has 0 saturated heterocycles. The van der Waals surface area contributed by atoms with Gasteiger partial charge < -0.3 is 10.2 Å². The summed E-state index contributed by atoms with van der Waals surface area (Å²) in [5.41, 5.74) is 4.19. The fraction of sp³-hybridized carbons (Fsp3) is 0.286. The number of hydrogen-bond donors (Lipinski definition) is 2. The monoisotopic (exact) mass is 493 g/mol. The van der Waals surface area contributed by atoms with Gasteiger partial charge in [-0.3, -0.25) is 9.59 Å². The van der Waals surface area contributed by atoms with Gasteiger partial charge >= 0.3 is 0 Å². The SMILES string of the molecule is CC[C@H](c1ccccc1C)N(C)C(=O)c1ccc(NC(=O)Cc2ccc([S+](=O)(O)CC)cc2)cc1. The number of aryl methyl sites for hydroxylation is 1. The van der Waals surface area contributed by atoms with Crippen molar-refractivity contribution in [3.8, 4) is 0 Å². The van der Waals surface area contributed by atoms with Gasteiger partial charge in [-0.05, 0) is 73.4 Å². The Morgan fingerprint density at radius 1 is 0.971 bits per heavy atom. The van der Waals surface area contributed by atoms with E-state index in [1.165, 1.54) is 0 Å². The minimum atomic E-state index is -3.02. The lowest BCUT2D eigenvalue weighted by molar-refractivity contribution is -0.115. The van der Waals surface area contributed by atoms with E-state index in [1.807, 2.05) is 19.2 Å². The van der Waals surface area contributed by atoms with Gasteiger partial charge in [-0.25, -0.2) is 0 Å². The van der Waals surface area contributed by atoms with E-state index in [0.717, 1.165) is 23.1 Å². The van der Waals surface area contributed by atoms with Crippen LogP contribution < -0.4 is 5.32 Å². The van der Waals surface area contributed by atoms with E-state index in [4.69, 9.17) is 0 Å². The molecule has 2 atom stereocenters. The lowest BCUT2D eigenvalue weighted by atomic mass is 9.97. The molecule has 0 heterocycles. The second-order valence-corrected chi connectivity index (χ2v) is 10.9. The molecule has 2 amide bonds. The highest BCUT2D eigenvalue weighted by atomic mass is 32.3. The van der Waals surface area contributed by atoms with Crippen molar-refractivity contribution in [1.82, 2.24) is 4.90 Å². The quantitative estimate of drug-likeness (QED) is 0.372. The van der Waals surface area contributed by atoms with Crippen molar-refractivity contribution in [1.29, 1.82) is 0 Å². The van der Waals surface area contributed by atoms with Gasteiger partial charge in [0, 0.05) is 18.3 Å². The Bertz CT molecular complexity index is 1220. The van der Waals surface area contributed by atoms with E-state index in [-0.39, 0.29) is 30.0 Å². The van der Waals surface area contributed by atoms with Crippen LogP contribution in [0.2, 0.25) is 0 Å². The van der Waals surface area contributed by atoms with Gasteiger partial charge in [0.25, 0.3) is 5.91 Å². The number of hydrogen-bond acceptors (Lipinski definition) is 3. The third-order valence-electron chi connectivity index (χ3n) is 6.19. The molecule has 3 aromatic rings. The summed E-state index contributed by atoms with van der Waals surface area (Å²) >= 11 is 0. The van der Waals surface area contributed by atoms with Gasteiger partial charge in [0.2, 0.25) is 16.1 Å². The molecule has 3 rings (SSSR count). The van der Waals surface area contributed by atoms with Crippen LogP contribution in [0.1, 0.15) is 53.4 Å². The average Bonchev–Trinajstić information content (AvgIpc) is 2.85. The Morgan fingerprint density at radius 3 is 2.17 bits per heavy atom. The van der Waals surface area contributed by atoms with Crippen molar-refractivity contribution in [2.24, 2.45) is 0 Å². The molecule has 0 radical (unpaired) electrons. The zero-order valence-corrected chi connectivity index (χ0v) is 21.5. The zero-order chi connectivity index (χ0) is 25.6. The van der Waals surface area contributed by atoms with Gasteiger partial charge in [0.05, 0.1) is 12.5 Å².